The molecule has 2 aromatic carbocycles. The molecule has 4 rings (SSSR count). The highest BCUT2D eigenvalue weighted by Gasteiger charge is 2.38. The van der Waals surface area contributed by atoms with Crippen molar-refractivity contribution in [3.05, 3.63) is 89.7 Å². The highest BCUT2D eigenvalue weighted by atomic mass is 16.4. The van der Waals surface area contributed by atoms with Crippen LogP contribution in [0.5, 0.6) is 0 Å². The number of aromatic carboxylic acids is 1. The molecule has 2 atom stereocenters. The van der Waals surface area contributed by atoms with Gasteiger partial charge in [-0.2, -0.15) is 0 Å². The minimum atomic E-state index is -0.860. The number of likely N-dealkylation sites (tertiary alicyclic amines) is 1. The number of pyridine rings is 1. The molecule has 30 heavy (non-hydrogen) atoms. The zero-order valence-electron chi connectivity index (χ0n) is 17.6. The summed E-state index contributed by atoms with van der Waals surface area (Å²) in [5.41, 5.74) is 5.21. The Hall–Kier alpha value is -2.98. The summed E-state index contributed by atoms with van der Waals surface area (Å²) in [5, 5.41) is 9.34. The van der Waals surface area contributed by atoms with E-state index in [9.17, 15) is 9.90 Å². The second-order valence-electron chi connectivity index (χ2n) is 8.62. The Kier molecular flexibility index (Phi) is 5.69. The third-order valence-electron chi connectivity index (χ3n) is 6.71. The fraction of sp³-hybridized carbons (Fsp3) is 0.308. The topological polar surface area (TPSA) is 53.4 Å². The third-order valence-corrected chi connectivity index (χ3v) is 6.71. The molecule has 1 N–H and O–H groups in total. The third kappa shape index (κ3) is 4.14. The van der Waals surface area contributed by atoms with Crippen molar-refractivity contribution < 1.29 is 9.90 Å². The Balaban J connectivity index is 1.43. The van der Waals surface area contributed by atoms with Gasteiger partial charge in [-0.15, -0.1) is 0 Å². The Morgan fingerprint density at radius 2 is 1.80 bits per heavy atom. The lowest BCUT2D eigenvalue weighted by Crippen LogP contribution is -2.47. The van der Waals surface area contributed by atoms with Crippen LogP contribution < -0.4 is 0 Å². The van der Waals surface area contributed by atoms with Crippen LogP contribution in [-0.4, -0.2) is 34.0 Å². The molecule has 0 aliphatic carbocycles. The van der Waals surface area contributed by atoms with Gasteiger partial charge in [0.25, 0.3) is 0 Å². The van der Waals surface area contributed by atoms with Gasteiger partial charge in [-0.05, 0) is 70.8 Å². The van der Waals surface area contributed by atoms with Gasteiger partial charge in [-0.25, -0.2) is 4.79 Å². The Morgan fingerprint density at radius 3 is 2.47 bits per heavy atom. The normalized spacial score (nSPS) is 22.0. The van der Waals surface area contributed by atoms with Crippen molar-refractivity contribution >= 4 is 5.97 Å². The van der Waals surface area contributed by atoms with E-state index in [4.69, 9.17) is 0 Å². The van der Waals surface area contributed by atoms with Crippen LogP contribution in [0, 0.1) is 5.92 Å². The molecule has 4 heteroatoms. The molecule has 4 nitrogen and oxygen atoms in total. The van der Waals surface area contributed by atoms with Crippen molar-refractivity contribution in [3.8, 4) is 11.1 Å². The van der Waals surface area contributed by atoms with Crippen LogP contribution in [0.1, 0.15) is 41.8 Å². The van der Waals surface area contributed by atoms with Crippen LogP contribution in [0.25, 0.3) is 11.1 Å². The van der Waals surface area contributed by atoms with Gasteiger partial charge in [0, 0.05) is 25.5 Å². The molecular formula is C26H28N2O2. The van der Waals surface area contributed by atoms with Crippen molar-refractivity contribution in [2.45, 2.75) is 32.2 Å². The van der Waals surface area contributed by atoms with Crippen molar-refractivity contribution in [2.75, 3.05) is 13.1 Å². The average Bonchev–Trinajstić information content (AvgIpc) is 2.77. The first-order chi connectivity index (χ1) is 14.5. The lowest BCUT2D eigenvalue weighted by Gasteiger charge is -2.45. The van der Waals surface area contributed by atoms with Gasteiger partial charge in [-0.3, -0.25) is 9.88 Å². The number of hydrogen-bond acceptors (Lipinski definition) is 3. The molecule has 0 saturated carbocycles. The Morgan fingerprint density at radius 1 is 1.10 bits per heavy atom. The fourth-order valence-corrected chi connectivity index (χ4v) is 4.50. The maximum absolute atomic E-state index is 11.4. The number of benzene rings is 2. The van der Waals surface area contributed by atoms with Gasteiger partial charge in [-0.1, -0.05) is 50.2 Å². The SMILES string of the molecule is CC1CN(Cc2ccc(-c3ccncc3)cc2)CC[C@@]1(C)c1cccc(C(=O)O)c1. The molecule has 1 saturated heterocycles. The molecule has 3 aromatic rings. The van der Waals surface area contributed by atoms with E-state index >= 15 is 0 Å². The molecule has 0 amide bonds. The predicted octanol–water partition coefficient (Wildman–Crippen LogP) is 5.25. The number of nitrogens with zero attached hydrogens (tertiary/aromatic N) is 2. The van der Waals surface area contributed by atoms with Crippen LogP contribution in [0.3, 0.4) is 0 Å². The Labute approximate surface area is 178 Å². The molecule has 1 aliphatic heterocycles. The molecule has 1 aliphatic rings. The van der Waals surface area contributed by atoms with Crippen LogP contribution in [0.15, 0.2) is 73.1 Å². The quantitative estimate of drug-likeness (QED) is 0.636. The van der Waals surface area contributed by atoms with Gasteiger partial charge in [0.05, 0.1) is 5.56 Å². The van der Waals surface area contributed by atoms with Gasteiger partial charge in [0.1, 0.15) is 0 Å². The fourth-order valence-electron chi connectivity index (χ4n) is 4.50. The number of piperidine rings is 1. The van der Waals surface area contributed by atoms with Gasteiger partial charge in [0.15, 0.2) is 0 Å². The maximum Gasteiger partial charge on any atom is 0.335 e. The summed E-state index contributed by atoms with van der Waals surface area (Å²) in [6.45, 7) is 7.50. The van der Waals surface area contributed by atoms with Gasteiger partial charge >= 0.3 is 5.97 Å². The molecule has 0 bridgehead atoms. The standard InChI is InChI=1S/C26H28N2O2/c1-19-17-28(15-12-26(19,2)24-5-3-4-23(16-24)25(29)30)18-20-6-8-21(9-7-20)22-10-13-27-14-11-22/h3-11,13-14,16,19H,12,15,17-18H2,1-2H3,(H,29,30)/t19?,26-/m1/s1. The monoisotopic (exact) mass is 400 g/mol. The number of carboxylic acids is 1. The summed E-state index contributed by atoms with van der Waals surface area (Å²) in [6, 6.07) is 20.3. The highest BCUT2D eigenvalue weighted by molar-refractivity contribution is 5.87. The summed E-state index contributed by atoms with van der Waals surface area (Å²) < 4.78 is 0. The summed E-state index contributed by atoms with van der Waals surface area (Å²) in [7, 11) is 0. The molecule has 1 unspecified atom stereocenters. The number of rotatable bonds is 5. The van der Waals surface area contributed by atoms with E-state index in [1.54, 1.807) is 6.07 Å². The van der Waals surface area contributed by atoms with Crippen molar-refractivity contribution in [1.29, 1.82) is 0 Å². The number of hydrogen-bond donors (Lipinski definition) is 1. The molecule has 1 fully saturated rings. The first-order valence-electron chi connectivity index (χ1n) is 10.5. The minimum Gasteiger partial charge on any atom is -0.478 e. The van der Waals surface area contributed by atoms with Crippen LogP contribution in [0.4, 0.5) is 0 Å². The Bertz CT molecular complexity index is 1020. The van der Waals surface area contributed by atoms with E-state index < -0.39 is 5.97 Å². The van der Waals surface area contributed by atoms with E-state index in [1.165, 1.54) is 16.7 Å². The second-order valence-corrected chi connectivity index (χ2v) is 8.62. The molecule has 154 valence electrons. The maximum atomic E-state index is 11.4. The molecular weight excluding hydrogens is 372 g/mol. The van der Waals surface area contributed by atoms with E-state index in [0.717, 1.165) is 31.6 Å². The second kappa shape index (κ2) is 8.41. The summed E-state index contributed by atoms with van der Waals surface area (Å²) in [5.74, 6) is -0.424. The number of carboxylic acid groups (broad SMARTS) is 1. The van der Waals surface area contributed by atoms with Gasteiger partial charge < -0.3 is 5.11 Å². The lowest BCUT2D eigenvalue weighted by atomic mass is 9.68. The molecule has 1 aromatic heterocycles. The molecule has 0 radical (unpaired) electrons. The van der Waals surface area contributed by atoms with Crippen LogP contribution in [0.2, 0.25) is 0 Å². The zero-order chi connectivity index (χ0) is 21.1. The lowest BCUT2D eigenvalue weighted by molar-refractivity contribution is 0.0696. The van der Waals surface area contributed by atoms with E-state index in [0.29, 0.717) is 11.5 Å². The van der Waals surface area contributed by atoms with Crippen molar-refractivity contribution in [1.82, 2.24) is 9.88 Å². The first-order valence-corrected chi connectivity index (χ1v) is 10.5. The van der Waals surface area contributed by atoms with Crippen molar-refractivity contribution in [2.24, 2.45) is 5.92 Å². The number of aromatic nitrogens is 1. The van der Waals surface area contributed by atoms with Crippen LogP contribution in [-0.2, 0) is 12.0 Å². The van der Waals surface area contributed by atoms with Crippen LogP contribution >= 0.6 is 0 Å². The predicted molar refractivity (Wildman–Crippen MR) is 119 cm³/mol. The smallest absolute Gasteiger partial charge is 0.335 e. The molecule has 2 heterocycles. The van der Waals surface area contributed by atoms with E-state index in [-0.39, 0.29) is 5.41 Å². The summed E-state index contributed by atoms with van der Waals surface area (Å²) >= 11 is 0. The first kappa shape index (κ1) is 20.3. The van der Waals surface area contributed by atoms with E-state index in [2.05, 4.69) is 54.1 Å². The minimum absolute atomic E-state index is 0.00678. The summed E-state index contributed by atoms with van der Waals surface area (Å²) in [6.07, 6.45) is 4.66. The average molecular weight is 401 g/mol. The molecule has 0 spiro atoms. The van der Waals surface area contributed by atoms with Crippen molar-refractivity contribution in [3.63, 3.8) is 0 Å². The van der Waals surface area contributed by atoms with E-state index in [1.807, 2.05) is 36.7 Å². The van der Waals surface area contributed by atoms with Gasteiger partial charge in [0.2, 0.25) is 0 Å². The highest BCUT2D eigenvalue weighted by Crippen LogP contribution is 2.40. The number of carbonyl (C=O) groups is 1. The largest absolute Gasteiger partial charge is 0.478 e. The zero-order valence-corrected chi connectivity index (χ0v) is 17.6. The summed E-state index contributed by atoms with van der Waals surface area (Å²) in [4.78, 5) is 18.0.